The number of aryl methyl sites for hydroxylation is 1. The van der Waals surface area contributed by atoms with Gasteiger partial charge in [0.25, 0.3) is 0 Å². The predicted octanol–water partition coefficient (Wildman–Crippen LogP) is 12.8. The van der Waals surface area contributed by atoms with E-state index < -0.39 is 0 Å². The molecule has 262 valence electrons. The molecular weight excluding hydrogens is 655 g/mol. The molecule has 2 aliphatic carbocycles. The van der Waals surface area contributed by atoms with Crippen molar-refractivity contribution in [3.63, 3.8) is 0 Å². The topological polar surface area (TPSA) is 55.3 Å². The molecular formula is C51H43N3. The first-order chi connectivity index (χ1) is 26.1. The van der Waals surface area contributed by atoms with E-state index in [9.17, 15) is 0 Å². The lowest BCUT2D eigenvalue weighted by molar-refractivity contribution is 0.601. The van der Waals surface area contributed by atoms with Gasteiger partial charge in [-0.05, 0) is 108 Å². The van der Waals surface area contributed by atoms with Crippen LogP contribution in [-0.4, -0.2) is 0 Å². The molecule has 0 bridgehead atoms. The number of anilines is 3. The fourth-order valence-corrected chi connectivity index (χ4v) is 9.75. The van der Waals surface area contributed by atoms with Crippen molar-refractivity contribution in [1.29, 1.82) is 0 Å². The summed E-state index contributed by atoms with van der Waals surface area (Å²) in [6.07, 6.45) is 0. The van der Waals surface area contributed by atoms with Crippen LogP contribution in [-0.2, 0) is 10.8 Å². The summed E-state index contributed by atoms with van der Waals surface area (Å²) < 4.78 is 0. The van der Waals surface area contributed by atoms with E-state index in [0.29, 0.717) is 0 Å². The Bertz CT molecular complexity index is 2850. The third kappa shape index (κ3) is 4.45. The molecule has 2 aliphatic rings. The highest BCUT2D eigenvalue weighted by molar-refractivity contribution is 6.08. The van der Waals surface area contributed by atoms with Crippen LogP contribution in [0, 0.1) is 6.92 Å². The van der Waals surface area contributed by atoms with Crippen molar-refractivity contribution >= 4 is 38.6 Å². The first-order valence-electron chi connectivity index (χ1n) is 18.9. The van der Waals surface area contributed by atoms with Crippen LogP contribution in [0.1, 0.15) is 55.5 Å². The Labute approximate surface area is 317 Å². The molecule has 0 fully saturated rings. The molecule has 0 radical (unpaired) electrons. The first-order valence-corrected chi connectivity index (χ1v) is 18.9. The third-order valence-corrected chi connectivity index (χ3v) is 12.4. The number of nitrogen functional groups attached to an aromatic ring is 1. The van der Waals surface area contributed by atoms with Crippen molar-refractivity contribution in [3.05, 3.63) is 173 Å². The van der Waals surface area contributed by atoms with Crippen LogP contribution in [0.2, 0.25) is 0 Å². The van der Waals surface area contributed by atoms with Gasteiger partial charge >= 0.3 is 0 Å². The van der Waals surface area contributed by atoms with Gasteiger partial charge in [-0.15, -0.1) is 0 Å². The summed E-state index contributed by atoms with van der Waals surface area (Å²) in [5.74, 6) is 7.26. The van der Waals surface area contributed by atoms with Crippen molar-refractivity contribution in [2.24, 2.45) is 5.84 Å². The highest BCUT2D eigenvalue weighted by Gasteiger charge is 2.49. The lowest BCUT2D eigenvalue weighted by Gasteiger charge is -2.33. The maximum atomic E-state index is 7.54. The van der Waals surface area contributed by atoms with E-state index in [-0.39, 0.29) is 10.8 Å². The SMILES string of the molecule is Cc1ccc(N(N)c2c(N)c3c(c4c2-c2ccc(-c5cccc6ccccc56)cc2C4(C)C)C(C)(C)c2cc(-c4cccc5ccccc45)ccc2-3)cc1. The molecule has 0 aliphatic heterocycles. The van der Waals surface area contributed by atoms with E-state index >= 15 is 0 Å². The van der Waals surface area contributed by atoms with Gasteiger partial charge in [-0.1, -0.05) is 155 Å². The average molecular weight is 698 g/mol. The van der Waals surface area contributed by atoms with Crippen LogP contribution in [0.25, 0.3) is 66.1 Å². The summed E-state index contributed by atoms with van der Waals surface area (Å²) in [5, 5.41) is 6.82. The third-order valence-electron chi connectivity index (χ3n) is 12.4. The Morgan fingerprint density at radius 1 is 0.481 bits per heavy atom. The van der Waals surface area contributed by atoms with E-state index in [0.717, 1.165) is 28.2 Å². The number of nitrogens with zero attached hydrogens (tertiary/aromatic N) is 1. The van der Waals surface area contributed by atoms with E-state index in [2.05, 4.69) is 180 Å². The number of rotatable bonds is 4. The molecule has 8 aromatic rings. The minimum Gasteiger partial charge on any atom is -0.396 e. The van der Waals surface area contributed by atoms with Crippen LogP contribution in [0.15, 0.2) is 146 Å². The second-order valence-electron chi connectivity index (χ2n) is 16.3. The molecule has 0 aromatic heterocycles. The van der Waals surface area contributed by atoms with Crippen molar-refractivity contribution in [1.82, 2.24) is 0 Å². The Hall–Kier alpha value is -6.16. The molecule has 8 aromatic carbocycles. The molecule has 4 N–H and O–H groups in total. The van der Waals surface area contributed by atoms with Crippen LogP contribution in [0.3, 0.4) is 0 Å². The van der Waals surface area contributed by atoms with Crippen molar-refractivity contribution < 1.29 is 0 Å². The molecule has 10 rings (SSSR count). The number of benzene rings is 8. The van der Waals surface area contributed by atoms with Crippen molar-refractivity contribution in [2.45, 2.75) is 45.4 Å². The van der Waals surface area contributed by atoms with E-state index in [1.807, 2.05) is 5.01 Å². The number of hydrogen-bond donors (Lipinski definition) is 2. The summed E-state index contributed by atoms with van der Waals surface area (Å²) >= 11 is 0. The maximum Gasteiger partial charge on any atom is 0.0892 e. The van der Waals surface area contributed by atoms with Crippen LogP contribution >= 0.6 is 0 Å². The zero-order valence-electron chi connectivity index (χ0n) is 31.5. The molecule has 0 saturated heterocycles. The van der Waals surface area contributed by atoms with Gasteiger partial charge in [0.1, 0.15) is 0 Å². The molecule has 0 unspecified atom stereocenters. The van der Waals surface area contributed by atoms with Gasteiger partial charge in [-0.25, -0.2) is 5.84 Å². The van der Waals surface area contributed by atoms with Crippen LogP contribution in [0.5, 0.6) is 0 Å². The second-order valence-corrected chi connectivity index (χ2v) is 16.3. The van der Waals surface area contributed by atoms with Crippen molar-refractivity contribution in [2.75, 3.05) is 10.7 Å². The fourth-order valence-electron chi connectivity index (χ4n) is 9.75. The minimum absolute atomic E-state index is 0.330. The molecule has 0 amide bonds. The van der Waals surface area contributed by atoms with E-state index in [1.165, 1.54) is 82.7 Å². The molecule has 0 heterocycles. The molecule has 54 heavy (non-hydrogen) atoms. The average Bonchev–Trinajstić information content (AvgIpc) is 3.56. The van der Waals surface area contributed by atoms with Gasteiger partial charge < -0.3 is 5.73 Å². The van der Waals surface area contributed by atoms with E-state index in [4.69, 9.17) is 11.6 Å². The number of hydrogen-bond acceptors (Lipinski definition) is 3. The van der Waals surface area contributed by atoms with Crippen molar-refractivity contribution in [3.8, 4) is 44.5 Å². The Morgan fingerprint density at radius 3 is 1.48 bits per heavy atom. The zero-order chi connectivity index (χ0) is 37.1. The smallest absolute Gasteiger partial charge is 0.0892 e. The van der Waals surface area contributed by atoms with Gasteiger partial charge in [0.2, 0.25) is 0 Å². The normalized spacial score (nSPS) is 14.5. The zero-order valence-corrected chi connectivity index (χ0v) is 31.5. The molecule has 0 saturated carbocycles. The number of nitrogens with two attached hydrogens (primary N) is 2. The summed E-state index contributed by atoms with van der Waals surface area (Å²) in [7, 11) is 0. The lowest BCUT2D eigenvalue weighted by Crippen LogP contribution is -2.29. The van der Waals surface area contributed by atoms with Gasteiger partial charge in [-0.2, -0.15) is 0 Å². The standard InChI is InChI=1S/C51H43N3/c1-30-20-24-35(25-21-30)54(53)49-45-41-27-23-34(39-19-11-15-32-13-7-9-17-37(32)39)29-43(41)51(4,5)47(45)46-44(48(49)52)40-26-22-33(28-42(40)50(46,2)3)38-18-10-14-31-12-6-8-16-36(31)38/h6-29H,52-53H2,1-5H3. The van der Waals surface area contributed by atoms with Gasteiger partial charge in [0, 0.05) is 22.0 Å². The van der Waals surface area contributed by atoms with Gasteiger partial charge in [-0.3, -0.25) is 5.01 Å². The van der Waals surface area contributed by atoms with Crippen LogP contribution < -0.4 is 16.6 Å². The van der Waals surface area contributed by atoms with Gasteiger partial charge in [0.05, 0.1) is 17.1 Å². The minimum atomic E-state index is -0.344. The number of hydrazine groups is 1. The monoisotopic (exact) mass is 697 g/mol. The lowest BCUT2D eigenvalue weighted by atomic mass is 9.71. The van der Waals surface area contributed by atoms with Gasteiger partial charge in [0.15, 0.2) is 0 Å². The van der Waals surface area contributed by atoms with E-state index in [1.54, 1.807) is 0 Å². The summed E-state index contributed by atoms with van der Waals surface area (Å²) in [5.41, 5.74) is 25.2. The highest BCUT2D eigenvalue weighted by atomic mass is 15.4. The second kappa shape index (κ2) is 11.4. The predicted molar refractivity (Wildman–Crippen MR) is 229 cm³/mol. The quantitative estimate of drug-likeness (QED) is 0.0833. The Balaban J connectivity index is 1.24. The summed E-state index contributed by atoms with van der Waals surface area (Å²) in [6, 6.07) is 52.9. The molecule has 3 heteroatoms. The molecule has 0 atom stereocenters. The fraction of sp³-hybridized carbons (Fsp3) is 0.137. The Kier molecular flexibility index (Phi) is 6.87. The first kappa shape index (κ1) is 32.5. The number of fused-ring (bicyclic) bond motifs is 9. The Morgan fingerprint density at radius 2 is 0.944 bits per heavy atom. The summed E-state index contributed by atoms with van der Waals surface area (Å²) in [4.78, 5) is 0. The maximum absolute atomic E-state index is 7.54. The van der Waals surface area contributed by atoms with Crippen LogP contribution in [0.4, 0.5) is 17.1 Å². The summed E-state index contributed by atoms with van der Waals surface area (Å²) in [6.45, 7) is 11.6. The highest BCUT2D eigenvalue weighted by Crippen LogP contribution is 2.64. The molecule has 0 spiro atoms. The largest absolute Gasteiger partial charge is 0.396 e. The molecule has 3 nitrogen and oxygen atoms in total.